The van der Waals surface area contributed by atoms with Gasteiger partial charge in [-0.25, -0.2) is 0 Å². The third-order valence-electron chi connectivity index (χ3n) is 4.31. The van der Waals surface area contributed by atoms with Gasteiger partial charge in [0.2, 0.25) is 5.91 Å². The quantitative estimate of drug-likeness (QED) is 0.300. The standard InChI is InChI=1S/C24H19Cl2N3O3S/c25-19-7-4-8-20(26)18(19)13-21(29-23(31)15-5-2-1-3-6-15)24(32)28-16-9-11-17(12-10-16)33-14-22(27)30/h1-13H,14H2,(H2,27,30)(H,28,32)(H,29,31)/b21-13-. The zero-order chi connectivity index (χ0) is 23.8. The van der Waals surface area contributed by atoms with Crippen LogP contribution in [0.25, 0.3) is 6.08 Å². The minimum absolute atomic E-state index is 0.0361. The molecule has 3 aromatic carbocycles. The number of hydrogen-bond donors (Lipinski definition) is 3. The number of primary amides is 1. The van der Waals surface area contributed by atoms with Crippen LogP contribution in [0.3, 0.4) is 0 Å². The molecule has 3 rings (SSSR count). The molecular formula is C24H19Cl2N3O3S. The van der Waals surface area contributed by atoms with Crippen LogP contribution in [0.15, 0.2) is 83.4 Å². The Labute approximate surface area is 205 Å². The van der Waals surface area contributed by atoms with E-state index in [0.29, 0.717) is 26.9 Å². The summed E-state index contributed by atoms with van der Waals surface area (Å²) in [5, 5.41) is 6.04. The van der Waals surface area contributed by atoms with Gasteiger partial charge in [-0.3, -0.25) is 14.4 Å². The summed E-state index contributed by atoms with van der Waals surface area (Å²) in [4.78, 5) is 37.5. The number of carbonyl (C=O) groups excluding carboxylic acids is 3. The van der Waals surface area contributed by atoms with Crippen molar-refractivity contribution in [2.45, 2.75) is 4.90 Å². The van der Waals surface area contributed by atoms with Gasteiger partial charge in [0.05, 0.1) is 5.75 Å². The van der Waals surface area contributed by atoms with Crippen molar-refractivity contribution in [3.8, 4) is 0 Å². The van der Waals surface area contributed by atoms with E-state index in [1.165, 1.54) is 17.8 Å². The fourth-order valence-electron chi connectivity index (χ4n) is 2.72. The van der Waals surface area contributed by atoms with Crippen LogP contribution in [0, 0.1) is 0 Å². The predicted octanol–water partition coefficient (Wildman–Crippen LogP) is 4.98. The summed E-state index contributed by atoms with van der Waals surface area (Å²) >= 11 is 13.8. The maximum absolute atomic E-state index is 13.1. The van der Waals surface area contributed by atoms with E-state index in [9.17, 15) is 14.4 Å². The van der Waals surface area contributed by atoms with Gasteiger partial charge in [0.1, 0.15) is 5.70 Å². The smallest absolute Gasteiger partial charge is 0.272 e. The Hall–Kier alpha value is -3.26. The van der Waals surface area contributed by atoms with Crippen molar-refractivity contribution >= 4 is 64.4 Å². The van der Waals surface area contributed by atoms with Gasteiger partial charge in [-0.2, -0.15) is 0 Å². The predicted molar refractivity (Wildman–Crippen MR) is 133 cm³/mol. The van der Waals surface area contributed by atoms with Gasteiger partial charge in [0.15, 0.2) is 0 Å². The zero-order valence-corrected chi connectivity index (χ0v) is 19.5. The Morgan fingerprint density at radius 3 is 2.12 bits per heavy atom. The fraction of sp³-hybridized carbons (Fsp3) is 0.0417. The molecule has 0 aliphatic carbocycles. The molecule has 4 N–H and O–H groups in total. The lowest BCUT2D eigenvalue weighted by atomic mass is 10.1. The normalized spacial score (nSPS) is 11.0. The molecule has 0 unspecified atom stereocenters. The molecule has 0 spiro atoms. The summed E-state index contributed by atoms with van der Waals surface area (Å²) in [5.74, 6) is -1.28. The summed E-state index contributed by atoms with van der Waals surface area (Å²) in [6, 6.07) is 20.3. The van der Waals surface area contributed by atoms with Crippen LogP contribution in [0.2, 0.25) is 10.0 Å². The molecule has 0 saturated heterocycles. The van der Waals surface area contributed by atoms with Crippen LogP contribution < -0.4 is 16.4 Å². The lowest BCUT2D eigenvalue weighted by Gasteiger charge is -2.12. The van der Waals surface area contributed by atoms with E-state index in [1.807, 2.05) is 0 Å². The summed E-state index contributed by atoms with van der Waals surface area (Å²) in [5.41, 5.74) is 6.40. The van der Waals surface area contributed by atoms with E-state index in [1.54, 1.807) is 72.8 Å². The average molecular weight is 500 g/mol. The maximum Gasteiger partial charge on any atom is 0.272 e. The molecule has 0 aliphatic heterocycles. The van der Waals surface area contributed by atoms with Crippen molar-refractivity contribution in [2.75, 3.05) is 11.1 Å². The second-order valence-electron chi connectivity index (χ2n) is 6.75. The number of thioether (sulfide) groups is 1. The summed E-state index contributed by atoms with van der Waals surface area (Å²) in [6.07, 6.45) is 1.43. The molecule has 0 heterocycles. The molecule has 0 radical (unpaired) electrons. The van der Waals surface area contributed by atoms with E-state index < -0.39 is 17.7 Å². The van der Waals surface area contributed by atoms with Crippen LogP contribution in [-0.2, 0) is 9.59 Å². The van der Waals surface area contributed by atoms with E-state index >= 15 is 0 Å². The van der Waals surface area contributed by atoms with Gasteiger partial charge in [-0.15, -0.1) is 11.8 Å². The first-order valence-electron chi connectivity index (χ1n) is 9.68. The highest BCUT2D eigenvalue weighted by Crippen LogP contribution is 2.27. The van der Waals surface area contributed by atoms with Crippen molar-refractivity contribution in [3.63, 3.8) is 0 Å². The van der Waals surface area contributed by atoms with Crippen molar-refractivity contribution in [1.82, 2.24) is 5.32 Å². The largest absolute Gasteiger partial charge is 0.369 e. The summed E-state index contributed by atoms with van der Waals surface area (Å²) in [6.45, 7) is 0. The number of benzene rings is 3. The van der Waals surface area contributed by atoms with Crippen LogP contribution >= 0.6 is 35.0 Å². The molecule has 0 atom stereocenters. The molecule has 168 valence electrons. The third-order valence-corrected chi connectivity index (χ3v) is 6.00. The third kappa shape index (κ3) is 7.12. The maximum atomic E-state index is 13.1. The molecule has 0 aliphatic rings. The fourth-order valence-corrected chi connectivity index (χ4v) is 3.87. The minimum Gasteiger partial charge on any atom is -0.369 e. The molecule has 0 fully saturated rings. The average Bonchev–Trinajstić information content (AvgIpc) is 2.80. The first-order valence-corrected chi connectivity index (χ1v) is 11.4. The highest BCUT2D eigenvalue weighted by atomic mass is 35.5. The van der Waals surface area contributed by atoms with Gasteiger partial charge in [0.25, 0.3) is 11.8 Å². The van der Waals surface area contributed by atoms with Crippen molar-refractivity contribution < 1.29 is 14.4 Å². The Morgan fingerprint density at radius 1 is 0.879 bits per heavy atom. The molecule has 0 bridgehead atoms. The first kappa shape index (κ1) is 24.4. The number of carbonyl (C=O) groups is 3. The molecule has 0 aromatic heterocycles. The Bertz CT molecular complexity index is 1180. The van der Waals surface area contributed by atoms with E-state index in [4.69, 9.17) is 28.9 Å². The second-order valence-corrected chi connectivity index (χ2v) is 8.61. The van der Waals surface area contributed by atoms with Crippen LogP contribution in [0.1, 0.15) is 15.9 Å². The van der Waals surface area contributed by atoms with Gasteiger partial charge in [0, 0.05) is 31.8 Å². The second kappa shape index (κ2) is 11.6. The van der Waals surface area contributed by atoms with Crippen molar-refractivity contribution in [3.05, 3.63) is 99.7 Å². The van der Waals surface area contributed by atoms with E-state index in [-0.39, 0.29) is 11.4 Å². The zero-order valence-electron chi connectivity index (χ0n) is 17.2. The molecule has 3 aromatic rings. The summed E-state index contributed by atoms with van der Waals surface area (Å²) < 4.78 is 0. The lowest BCUT2D eigenvalue weighted by Crippen LogP contribution is -2.30. The van der Waals surface area contributed by atoms with Crippen molar-refractivity contribution in [2.24, 2.45) is 5.73 Å². The SMILES string of the molecule is NC(=O)CSc1ccc(NC(=O)/C(=C/c2c(Cl)cccc2Cl)NC(=O)c2ccccc2)cc1. The lowest BCUT2D eigenvalue weighted by molar-refractivity contribution is -0.115. The number of nitrogens with two attached hydrogens (primary N) is 1. The molecule has 6 nitrogen and oxygen atoms in total. The number of anilines is 1. The van der Waals surface area contributed by atoms with Gasteiger partial charge in [-0.1, -0.05) is 47.5 Å². The minimum atomic E-state index is -0.562. The topological polar surface area (TPSA) is 101 Å². The van der Waals surface area contributed by atoms with Crippen LogP contribution in [0.5, 0.6) is 0 Å². The van der Waals surface area contributed by atoms with E-state index in [2.05, 4.69) is 10.6 Å². The molecule has 33 heavy (non-hydrogen) atoms. The number of nitrogens with one attached hydrogen (secondary N) is 2. The van der Waals surface area contributed by atoms with Gasteiger partial charge in [-0.05, 0) is 54.6 Å². The van der Waals surface area contributed by atoms with Gasteiger partial charge < -0.3 is 16.4 Å². The monoisotopic (exact) mass is 499 g/mol. The Morgan fingerprint density at radius 2 is 1.52 bits per heavy atom. The highest BCUT2D eigenvalue weighted by molar-refractivity contribution is 8.00. The van der Waals surface area contributed by atoms with Gasteiger partial charge >= 0.3 is 0 Å². The molecule has 9 heteroatoms. The first-order chi connectivity index (χ1) is 15.8. The molecule has 0 saturated carbocycles. The number of amides is 3. The Balaban J connectivity index is 1.85. The van der Waals surface area contributed by atoms with E-state index in [0.717, 1.165) is 4.90 Å². The van der Waals surface area contributed by atoms with Crippen LogP contribution in [0.4, 0.5) is 5.69 Å². The highest BCUT2D eigenvalue weighted by Gasteiger charge is 2.16. The van der Waals surface area contributed by atoms with Crippen molar-refractivity contribution in [1.29, 1.82) is 0 Å². The number of rotatable bonds is 8. The van der Waals surface area contributed by atoms with Crippen LogP contribution in [-0.4, -0.2) is 23.5 Å². The Kier molecular flexibility index (Phi) is 8.54. The number of halogens is 2. The molecular weight excluding hydrogens is 481 g/mol. The molecule has 3 amide bonds. The number of hydrogen-bond acceptors (Lipinski definition) is 4. The summed E-state index contributed by atoms with van der Waals surface area (Å²) in [7, 11) is 0.